The molecule has 3 aliphatic rings. The number of aryl methyl sites for hydroxylation is 1. The second-order valence-corrected chi connectivity index (χ2v) is 15.8. The van der Waals surface area contributed by atoms with Gasteiger partial charge in [0.15, 0.2) is 0 Å². The topological polar surface area (TPSA) is 130 Å². The number of pyridine rings is 1. The Morgan fingerprint density at radius 2 is 2.02 bits per heavy atom. The Bertz CT molecular complexity index is 1930. The third kappa shape index (κ3) is 6.68. The monoisotopic (exact) mass is 697 g/mol. The van der Waals surface area contributed by atoms with E-state index in [1.807, 2.05) is 17.6 Å². The van der Waals surface area contributed by atoms with Crippen LogP contribution < -0.4 is 16.1 Å². The number of nitrogens with one attached hydrogen (secondary N) is 3. The smallest absolute Gasteiger partial charge is 0.324 e. The molecule has 264 valence electrons. The highest BCUT2D eigenvalue weighted by Gasteiger charge is 2.37. The first-order valence-corrected chi connectivity index (χ1v) is 18.7. The number of amides is 2. The van der Waals surface area contributed by atoms with Gasteiger partial charge in [-0.25, -0.2) is 10.4 Å². The van der Waals surface area contributed by atoms with Crippen molar-refractivity contribution >= 4 is 40.0 Å². The van der Waals surface area contributed by atoms with Gasteiger partial charge in [0.05, 0.1) is 34.6 Å². The molecule has 11 nitrogen and oxygen atoms in total. The predicted molar refractivity (Wildman–Crippen MR) is 194 cm³/mol. The lowest BCUT2D eigenvalue weighted by Crippen LogP contribution is -2.62. The number of esters is 1. The lowest BCUT2D eigenvalue weighted by atomic mass is 9.84. The zero-order chi connectivity index (χ0) is 35.2. The molecule has 50 heavy (non-hydrogen) atoms. The maximum Gasteiger partial charge on any atom is 0.324 e. The maximum atomic E-state index is 14.0. The third-order valence-corrected chi connectivity index (χ3v) is 11.0. The van der Waals surface area contributed by atoms with E-state index in [9.17, 15) is 14.4 Å². The first kappa shape index (κ1) is 34.3. The molecule has 3 aliphatic heterocycles. The summed E-state index contributed by atoms with van der Waals surface area (Å²) in [6, 6.07) is 9.21. The van der Waals surface area contributed by atoms with E-state index in [1.165, 1.54) is 21.9 Å². The molecular weight excluding hydrogens is 651 g/mol. The van der Waals surface area contributed by atoms with Crippen LogP contribution in [-0.2, 0) is 38.5 Å². The van der Waals surface area contributed by atoms with Crippen LogP contribution in [0.4, 0.5) is 0 Å². The molecule has 0 radical (unpaired) electrons. The first-order valence-electron chi connectivity index (χ1n) is 17.8. The van der Waals surface area contributed by atoms with Crippen molar-refractivity contribution in [3.05, 3.63) is 58.2 Å². The molecule has 7 rings (SSSR count). The van der Waals surface area contributed by atoms with E-state index in [1.54, 1.807) is 0 Å². The van der Waals surface area contributed by atoms with Gasteiger partial charge in [0.2, 0.25) is 5.91 Å². The van der Waals surface area contributed by atoms with Crippen LogP contribution in [-0.4, -0.2) is 75.7 Å². The Hall–Kier alpha value is -4.13. The van der Waals surface area contributed by atoms with Crippen molar-refractivity contribution in [3.63, 3.8) is 0 Å². The quantitative estimate of drug-likeness (QED) is 0.253. The molecule has 12 heteroatoms. The molecular formula is C38H47N7O4S. The fraction of sp³-hybridized carbons (Fsp3) is 0.500. The molecule has 0 unspecified atom stereocenters. The summed E-state index contributed by atoms with van der Waals surface area (Å²) in [5.41, 5.74) is 10.2. The molecule has 0 aliphatic carbocycles. The molecule has 3 aromatic heterocycles. The third-order valence-electron chi connectivity index (χ3n) is 10.1. The Balaban J connectivity index is 1.35. The number of hydrazine groups is 1. The summed E-state index contributed by atoms with van der Waals surface area (Å²) in [6.45, 7) is 13.4. The zero-order valence-electron chi connectivity index (χ0n) is 29.5. The number of benzene rings is 1. The average Bonchev–Trinajstić information content (AvgIpc) is 3.67. The number of cyclic esters (lactones) is 1. The van der Waals surface area contributed by atoms with Crippen LogP contribution in [0.3, 0.4) is 0 Å². The largest absolute Gasteiger partial charge is 0.464 e. The molecule has 2 amide bonds. The number of hydrogen-bond donors (Lipinski definition) is 3. The van der Waals surface area contributed by atoms with Gasteiger partial charge in [0.1, 0.15) is 12.1 Å². The van der Waals surface area contributed by atoms with Crippen LogP contribution in [0.2, 0.25) is 0 Å². The maximum absolute atomic E-state index is 14.0. The van der Waals surface area contributed by atoms with E-state index in [0.717, 1.165) is 50.7 Å². The summed E-state index contributed by atoms with van der Waals surface area (Å²) < 4.78 is 8.42. The summed E-state index contributed by atoms with van der Waals surface area (Å²) in [6.07, 6.45) is 3.97. The highest BCUT2D eigenvalue weighted by Crippen LogP contribution is 2.41. The van der Waals surface area contributed by atoms with Crippen LogP contribution in [0.25, 0.3) is 33.4 Å². The molecule has 1 aromatic carbocycles. The average molecular weight is 698 g/mol. The van der Waals surface area contributed by atoms with Gasteiger partial charge in [-0.15, -0.1) is 11.3 Å². The standard InChI is InChI=1S/C38H47N7O4S/c1-6-44-31-12-11-23-15-26(31)27(34(44)25-9-7-13-40-33(25)22(2)3)17-38(4,5)21-49-37(48)28-10-8-14-45(43-28)36(47)29(16-32-41-30(23)20-50-32)42-35(46)24-18-39-19-24/h7,9,11-13,15,20,22,24,28-29,39,43H,6,8,10,14,16-19,21H2,1-5H3,(H,42,46)/t28-,29-/m0/s1. The van der Waals surface area contributed by atoms with Crippen molar-refractivity contribution in [2.45, 2.75) is 84.8 Å². The number of carbonyl (C=O) groups is 3. The predicted octanol–water partition coefficient (Wildman–Crippen LogP) is 4.84. The van der Waals surface area contributed by atoms with E-state index < -0.39 is 17.5 Å². The Morgan fingerprint density at radius 1 is 1.20 bits per heavy atom. The van der Waals surface area contributed by atoms with E-state index in [-0.39, 0.29) is 42.6 Å². The zero-order valence-corrected chi connectivity index (χ0v) is 30.4. The second-order valence-electron chi connectivity index (χ2n) is 14.9. The number of rotatable bonds is 5. The SMILES string of the molecule is CCn1c(-c2cccnc2C(C)C)c2c3cc(ccc31)-c1csc(n1)C[C@H](NC(=O)C1CNC1)C(=O)N1CCC[C@H](N1)C(=O)OCC(C)(C)C2. The van der Waals surface area contributed by atoms with Gasteiger partial charge >= 0.3 is 5.97 Å². The molecule has 6 heterocycles. The van der Waals surface area contributed by atoms with E-state index in [0.29, 0.717) is 38.9 Å². The fourth-order valence-electron chi connectivity index (χ4n) is 7.35. The highest BCUT2D eigenvalue weighted by atomic mass is 32.1. The molecule has 0 saturated carbocycles. The van der Waals surface area contributed by atoms with Crippen LogP contribution in [0, 0.1) is 11.3 Å². The number of aromatic nitrogens is 3. The molecule has 2 fully saturated rings. The van der Waals surface area contributed by atoms with Gasteiger partial charge in [-0.05, 0) is 61.9 Å². The minimum absolute atomic E-state index is 0.153. The van der Waals surface area contributed by atoms with Gasteiger partial charge in [-0.1, -0.05) is 33.8 Å². The van der Waals surface area contributed by atoms with E-state index >= 15 is 0 Å². The normalized spacial score (nSPS) is 21.5. The van der Waals surface area contributed by atoms with Gasteiger partial charge in [-0.3, -0.25) is 24.4 Å². The molecule has 0 spiro atoms. The number of carbonyl (C=O) groups excluding carboxylic acids is 3. The van der Waals surface area contributed by atoms with Gasteiger partial charge in [-0.2, -0.15) is 0 Å². The van der Waals surface area contributed by atoms with Gasteiger partial charge < -0.3 is 19.9 Å². The number of thiazole rings is 1. The number of hydrogen-bond acceptors (Lipinski definition) is 9. The van der Waals surface area contributed by atoms with Gasteiger partial charge in [0, 0.05) is 71.6 Å². The Kier molecular flexibility index (Phi) is 9.53. The fourth-order valence-corrected chi connectivity index (χ4v) is 8.20. The first-order chi connectivity index (χ1) is 24.0. The van der Waals surface area contributed by atoms with Crippen molar-refractivity contribution in [2.24, 2.45) is 11.3 Å². The Labute approximate surface area is 297 Å². The molecule has 2 saturated heterocycles. The van der Waals surface area contributed by atoms with E-state index in [4.69, 9.17) is 14.7 Å². The van der Waals surface area contributed by atoms with E-state index in [2.05, 4.69) is 79.5 Å². The van der Waals surface area contributed by atoms with Crippen molar-refractivity contribution in [3.8, 4) is 22.5 Å². The minimum Gasteiger partial charge on any atom is -0.464 e. The lowest BCUT2D eigenvalue weighted by molar-refractivity contribution is -0.155. The van der Waals surface area contributed by atoms with Crippen molar-refractivity contribution < 1.29 is 19.1 Å². The van der Waals surface area contributed by atoms with Crippen molar-refractivity contribution in [1.82, 2.24) is 35.6 Å². The lowest BCUT2D eigenvalue weighted by Gasteiger charge is -2.36. The minimum atomic E-state index is -0.827. The van der Waals surface area contributed by atoms with Crippen molar-refractivity contribution in [2.75, 3.05) is 26.2 Å². The van der Waals surface area contributed by atoms with Crippen LogP contribution in [0.15, 0.2) is 41.9 Å². The van der Waals surface area contributed by atoms with Gasteiger partial charge in [0.25, 0.3) is 5.91 Å². The molecule has 6 bridgehead atoms. The molecule has 3 N–H and O–H groups in total. The van der Waals surface area contributed by atoms with Crippen LogP contribution in [0.1, 0.15) is 69.6 Å². The Morgan fingerprint density at radius 3 is 2.76 bits per heavy atom. The number of ether oxygens (including phenoxy) is 1. The summed E-state index contributed by atoms with van der Waals surface area (Å²) in [4.78, 5) is 50.5. The van der Waals surface area contributed by atoms with Crippen molar-refractivity contribution in [1.29, 1.82) is 0 Å². The summed E-state index contributed by atoms with van der Waals surface area (Å²) >= 11 is 1.49. The summed E-state index contributed by atoms with van der Waals surface area (Å²) in [5.74, 6) is -0.758. The van der Waals surface area contributed by atoms with Crippen LogP contribution >= 0.6 is 11.3 Å². The van der Waals surface area contributed by atoms with Crippen LogP contribution in [0.5, 0.6) is 0 Å². The second kappa shape index (κ2) is 13.9. The molecule has 4 aromatic rings. The number of nitrogens with zero attached hydrogens (tertiary/aromatic N) is 4. The molecule has 2 atom stereocenters. The highest BCUT2D eigenvalue weighted by molar-refractivity contribution is 7.10. The summed E-state index contributed by atoms with van der Waals surface area (Å²) in [7, 11) is 0. The number of fused-ring (bicyclic) bond motifs is 6. The summed E-state index contributed by atoms with van der Waals surface area (Å²) in [5, 5.41) is 11.5.